The summed E-state index contributed by atoms with van der Waals surface area (Å²) >= 11 is 7.50. The van der Waals surface area contributed by atoms with Crippen LogP contribution in [-0.2, 0) is 24.2 Å². The van der Waals surface area contributed by atoms with E-state index in [1.807, 2.05) is 18.3 Å². The molecule has 2 aliphatic rings. The van der Waals surface area contributed by atoms with Crippen LogP contribution in [0.1, 0.15) is 58.8 Å². The SMILES string of the molecule is Cc1cc(Br)c2c(c1)CCc1cc(Br)cnc1C2N1CCCCC1C(=O)NCc1cccnc1. The Labute approximate surface area is 217 Å². The lowest BCUT2D eigenvalue weighted by Crippen LogP contribution is -2.51. The minimum atomic E-state index is -0.201. The van der Waals surface area contributed by atoms with Crippen LogP contribution in [0.3, 0.4) is 0 Å². The molecular formula is C27H28Br2N4O. The number of aryl methyl sites for hydroxylation is 3. The molecule has 1 fully saturated rings. The lowest BCUT2D eigenvalue weighted by Gasteiger charge is -2.41. The summed E-state index contributed by atoms with van der Waals surface area (Å²) < 4.78 is 2.10. The molecule has 34 heavy (non-hydrogen) atoms. The van der Waals surface area contributed by atoms with Gasteiger partial charge < -0.3 is 5.32 Å². The second-order valence-corrected chi connectivity index (χ2v) is 11.0. The minimum Gasteiger partial charge on any atom is -0.351 e. The van der Waals surface area contributed by atoms with E-state index < -0.39 is 0 Å². The smallest absolute Gasteiger partial charge is 0.237 e. The van der Waals surface area contributed by atoms with E-state index in [4.69, 9.17) is 4.98 Å². The summed E-state index contributed by atoms with van der Waals surface area (Å²) in [5.41, 5.74) is 7.16. The molecule has 0 saturated carbocycles. The third-order valence-corrected chi connectivity index (χ3v) is 7.98. The van der Waals surface area contributed by atoms with E-state index in [9.17, 15) is 4.79 Å². The molecule has 176 valence electrons. The van der Waals surface area contributed by atoms with E-state index in [0.717, 1.165) is 58.9 Å². The van der Waals surface area contributed by atoms with Crippen LogP contribution >= 0.6 is 31.9 Å². The summed E-state index contributed by atoms with van der Waals surface area (Å²) in [7, 11) is 0. The number of piperidine rings is 1. The zero-order chi connectivity index (χ0) is 23.7. The summed E-state index contributed by atoms with van der Waals surface area (Å²) in [6, 6.07) is 10.3. The van der Waals surface area contributed by atoms with E-state index in [1.54, 1.807) is 12.4 Å². The molecule has 1 amide bonds. The molecule has 3 aromatic rings. The number of fused-ring (bicyclic) bond motifs is 2. The second-order valence-electron chi connectivity index (χ2n) is 9.25. The summed E-state index contributed by atoms with van der Waals surface area (Å²) in [5, 5.41) is 3.17. The average Bonchev–Trinajstić information content (AvgIpc) is 3.00. The number of aromatic nitrogens is 2. The first-order valence-corrected chi connectivity index (χ1v) is 13.5. The molecule has 2 aromatic heterocycles. The van der Waals surface area contributed by atoms with E-state index in [1.165, 1.54) is 22.3 Å². The number of hydrogen-bond acceptors (Lipinski definition) is 4. The van der Waals surface area contributed by atoms with E-state index in [2.05, 4.69) is 72.2 Å². The molecule has 1 saturated heterocycles. The normalized spacial score (nSPS) is 20.2. The minimum absolute atomic E-state index is 0.0648. The summed E-state index contributed by atoms with van der Waals surface area (Å²) in [6.07, 6.45) is 10.3. The lowest BCUT2D eigenvalue weighted by molar-refractivity contribution is -0.128. The van der Waals surface area contributed by atoms with Crippen molar-refractivity contribution >= 4 is 37.8 Å². The van der Waals surface area contributed by atoms with Gasteiger partial charge in [-0.2, -0.15) is 0 Å². The number of likely N-dealkylation sites (tertiary alicyclic amines) is 1. The Hall–Kier alpha value is -2.09. The zero-order valence-corrected chi connectivity index (χ0v) is 22.4. The second kappa shape index (κ2) is 10.3. The fraction of sp³-hybridized carbons (Fsp3) is 0.370. The van der Waals surface area contributed by atoms with Crippen LogP contribution in [0.15, 0.2) is 57.9 Å². The number of carbonyl (C=O) groups is 1. The van der Waals surface area contributed by atoms with Gasteiger partial charge in [0.1, 0.15) is 0 Å². The van der Waals surface area contributed by atoms with Gasteiger partial charge in [0, 0.05) is 34.1 Å². The highest BCUT2D eigenvalue weighted by molar-refractivity contribution is 9.10. The number of rotatable bonds is 4. The summed E-state index contributed by atoms with van der Waals surface area (Å²) in [4.78, 5) is 25.0. The number of amides is 1. The molecule has 0 bridgehead atoms. The maximum absolute atomic E-state index is 13.5. The molecule has 1 aromatic carbocycles. The highest BCUT2D eigenvalue weighted by Crippen LogP contribution is 2.43. The number of halogens is 2. The van der Waals surface area contributed by atoms with Gasteiger partial charge in [-0.3, -0.25) is 19.7 Å². The van der Waals surface area contributed by atoms with Crippen LogP contribution in [-0.4, -0.2) is 33.4 Å². The number of nitrogens with one attached hydrogen (secondary N) is 1. The molecule has 1 aliphatic carbocycles. The van der Waals surface area contributed by atoms with Crippen molar-refractivity contribution in [2.75, 3.05) is 6.54 Å². The van der Waals surface area contributed by atoms with Crippen LogP contribution in [0.25, 0.3) is 0 Å². The number of nitrogens with zero attached hydrogens (tertiary/aromatic N) is 3. The molecular weight excluding hydrogens is 556 g/mol. The number of pyridine rings is 2. The lowest BCUT2D eigenvalue weighted by atomic mass is 9.90. The van der Waals surface area contributed by atoms with Crippen LogP contribution in [0.2, 0.25) is 0 Å². The van der Waals surface area contributed by atoms with Crippen molar-refractivity contribution < 1.29 is 4.79 Å². The zero-order valence-electron chi connectivity index (χ0n) is 19.2. The highest BCUT2D eigenvalue weighted by atomic mass is 79.9. The van der Waals surface area contributed by atoms with Gasteiger partial charge in [-0.1, -0.05) is 34.5 Å². The van der Waals surface area contributed by atoms with E-state index in [0.29, 0.717) is 6.54 Å². The molecule has 0 spiro atoms. The van der Waals surface area contributed by atoms with Gasteiger partial charge in [-0.25, -0.2) is 0 Å². The Morgan fingerprint density at radius 1 is 1.15 bits per heavy atom. The van der Waals surface area contributed by atoms with Crippen LogP contribution < -0.4 is 5.32 Å². The molecule has 5 nitrogen and oxygen atoms in total. The monoisotopic (exact) mass is 582 g/mol. The van der Waals surface area contributed by atoms with Gasteiger partial charge in [0.15, 0.2) is 0 Å². The predicted molar refractivity (Wildman–Crippen MR) is 140 cm³/mol. The van der Waals surface area contributed by atoms with Crippen molar-refractivity contribution in [3.8, 4) is 0 Å². The standard InChI is InChI=1S/C27H28Br2N4O/c1-17-11-19-7-8-20-13-21(28)16-31-25(20)26(24(19)22(29)12-17)33-10-3-2-6-23(33)27(34)32-15-18-5-4-9-30-14-18/h4-5,9,11-14,16,23,26H,2-3,6-8,10,15H2,1H3,(H,32,34). The molecule has 2 unspecified atom stereocenters. The number of carbonyl (C=O) groups excluding carboxylic acids is 1. The molecule has 1 aliphatic heterocycles. The van der Waals surface area contributed by atoms with E-state index >= 15 is 0 Å². The molecule has 3 heterocycles. The molecule has 5 rings (SSSR count). The van der Waals surface area contributed by atoms with Crippen molar-refractivity contribution in [2.24, 2.45) is 0 Å². The van der Waals surface area contributed by atoms with Gasteiger partial charge in [0.2, 0.25) is 5.91 Å². The maximum atomic E-state index is 13.5. The highest BCUT2D eigenvalue weighted by Gasteiger charge is 2.39. The Kier molecular flexibility index (Phi) is 7.14. The van der Waals surface area contributed by atoms with Gasteiger partial charge in [0.05, 0.1) is 17.8 Å². The quantitative estimate of drug-likeness (QED) is 0.430. The first kappa shape index (κ1) is 23.6. The van der Waals surface area contributed by atoms with Crippen molar-refractivity contribution in [2.45, 2.75) is 57.7 Å². The number of hydrogen-bond donors (Lipinski definition) is 1. The fourth-order valence-corrected chi connectivity index (χ4v) is 6.57. The van der Waals surface area contributed by atoms with Crippen LogP contribution in [0.5, 0.6) is 0 Å². The Balaban J connectivity index is 1.54. The average molecular weight is 584 g/mol. The Morgan fingerprint density at radius 3 is 2.82 bits per heavy atom. The first-order valence-electron chi connectivity index (χ1n) is 11.9. The predicted octanol–water partition coefficient (Wildman–Crippen LogP) is 5.67. The summed E-state index contributed by atoms with van der Waals surface area (Å²) in [5.74, 6) is 0.0799. The van der Waals surface area contributed by atoms with Crippen LogP contribution in [0.4, 0.5) is 0 Å². The topological polar surface area (TPSA) is 58.1 Å². The molecule has 0 radical (unpaired) electrons. The molecule has 7 heteroatoms. The fourth-order valence-electron chi connectivity index (χ4n) is 5.36. The van der Waals surface area contributed by atoms with Crippen molar-refractivity contribution in [1.29, 1.82) is 0 Å². The third kappa shape index (κ3) is 4.83. The van der Waals surface area contributed by atoms with Gasteiger partial charge in [0.25, 0.3) is 0 Å². The Morgan fingerprint density at radius 2 is 2.00 bits per heavy atom. The van der Waals surface area contributed by atoms with Crippen LogP contribution in [0, 0.1) is 6.92 Å². The van der Waals surface area contributed by atoms with Gasteiger partial charge in [-0.05, 0) is 101 Å². The van der Waals surface area contributed by atoms with Gasteiger partial charge >= 0.3 is 0 Å². The number of benzene rings is 1. The van der Waals surface area contributed by atoms with Crippen molar-refractivity contribution in [3.05, 3.63) is 91.4 Å². The maximum Gasteiger partial charge on any atom is 0.237 e. The Bertz CT molecular complexity index is 1200. The summed E-state index contributed by atoms with van der Waals surface area (Å²) in [6.45, 7) is 3.50. The molecule has 1 N–H and O–H groups in total. The van der Waals surface area contributed by atoms with Crippen molar-refractivity contribution in [1.82, 2.24) is 20.2 Å². The first-order chi connectivity index (χ1) is 16.5. The van der Waals surface area contributed by atoms with E-state index in [-0.39, 0.29) is 18.0 Å². The largest absolute Gasteiger partial charge is 0.351 e. The van der Waals surface area contributed by atoms with Crippen molar-refractivity contribution in [3.63, 3.8) is 0 Å². The molecule has 2 atom stereocenters. The van der Waals surface area contributed by atoms with Gasteiger partial charge in [-0.15, -0.1) is 0 Å². The third-order valence-electron chi connectivity index (χ3n) is 6.89.